The van der Waals surface area contributed by atoms with E-state index < -0.39 is 17.9 Å². The number of unbranched alkanes of at least 4 members (excludes halogenated alkanes) is 23. The summed E-state index contributed by atoms with van der Waals surface area (Å²) in [5.41, 5.74) is 0. The van der Waals surface area contributed by atoms with E-state index in [2.05, 4.69) is 25.7 Å². The summed E-state index contributed by atoms with van der Waals surface area (Å²) in [5, 5.41) is 9.03. The molecule has 1 N–H and O–H groups in total. The maximum Gasteiger partial charge on any atom is 0.309 e. The van der Waals surface area contributed by atoms with Crippen molar-refractivity contribution in [3.8, 4) is 0 Å². The molecule has 0 aromatic carbocycles. The molecule has 0 aliphatic heterocycles. The Labute approximate surface area is 248 Å². The van der Waals surface area contributed by atoms with Crippen LogP contribution in [0.2, 0.25) is 0 Å². The number of ether oxygens (including phenoxy) is 1. The van der Waals surface area contributed by atoms with E-state index in [1.54, 1.807) is 0 Å². The van der Waals surface area contributed by atoms with Gasteiger partial charge in [0.25, 0.3) is 0 Å². The maximum absolute atomic E-state index is 12.0. The highest BCUT2D eigenvalue weighted by Crippen LogP contribution is 2.18. The second kappa shape index (κ2) is 31.9. The molecule has 0 heterocycles. The van der Waals surface area contributed by atoms with Crippen molar-refractivity contribution in [1.82, 2.24) is 0 Å². The fraction of sp³-hybridized carbons (Fsp3) is 0.833. The summed E-state index contributed by atoms with van der Waals surface area (Å²) >= 11 is 0. The first-order valence-corrected chi connectivity index (χ1v) is 17.3. The van der Waals surface area contributed by atoms with Gasteiger partial charge in [-0.15, -0.1) is 0 Å². The van der Waals surface area contributed by atoms with Gasteiger partial charge in [-0.2, -0.15) is 0 Å². The van der Waals surface area contributed by atoms with E-state index in [1.807, 2.05) is 0 Å². The molecule has 0 aliphatic carbocycles. The summed E-state index contributed by atoms with van der Waals surface area (Å²) in [4.78, 5) is 23.0. The van der Waals surface area contributed by atoms with E-state index in [0.717, 1.165) is 19.3 Å². The van der Waals surface area contributed by atoms with E-state index in [9.17, 15) is 9.59 Å². The number of carboxylic acids is 1. The van der Waals surface area contributed by atoms with Gasteiger partial charge in [0.15, 0.2) is 0 Å². The first-order chi connectivity index (χ1) is 19.6. The second-order valence-corrected chi connectivity index (χ2v) is 11.8. The first kappa shape index (κ1) is 38.4. The zero-order valence-electron chi connectivity index (χ0n) is 26.5. The molecule has 4 nitrogen and oxygen atoms in total. The molecule has 234 valence electrons. The van der Waals surface area contributed by atoms with Crippen LogP contribution in [0.3, 0.4) is 0 Å². The highest BCUT2D eigenvalue weighted by Gasteiger charge is 2.22. The lowest BCUT2D eigenvalue weighted by Gasteiger charge is -2.13. The van der Waals surface area contributed by atoms with Crippen molar-refractivity contribution in [1.29, 1.82) is 0 Å². The molecule has 0 amide bonds. The van der Waals surface area contributed by atoms with Gasteiger partial charge in [-0.3, -0.25) is 9.59 Å². The number of aliphatic carboxylic acids is 1. The van der Waals surface area contributed by atoms with Crippen LogP contribution in [0.5, 0.6) is 0 Å². The van der Waals surface area contributed by atoms with Gasteiger partial charge in [0, 0.05) is 0 Å². The van der Waals surface area contributed by atoms with Crippen LogP contribution in [-0.4, -0.2) is 23.7 Å². The Bertz CT molecular complexity index is 598. The Hall–Kier alpha value is -1.58. The quantitative estimate of drug-likeness (QED) is 0.0503. The molecule has 0 saturated carbocycles. The number of allylic oxidation sites excluding steroid dienone is 2. The van der Waals surface area contributed by atoms with Crippen LogP contribution in [-0.2, 0) is 14.3 Å². The van der Waals surface area contributed by atoms with Crippen molar-refractivity contribution < 1.29 is 19.4 Å². The van der Waals surface area contributed by atoms with Crippen molar-refractivity contribution in [3.05, 3.63) is 24.8 Å². The van der Waals surface area contributed by atoms with Gasteiger partial charge in [-0.1, -0.05) is 167 Å². The summed E-state index contributed by atoms with van der Waals surface area (Å²) in [6.45, 7) is 5.95. The van der Waals surface area contributed by atoms with E-state index >= 15 is 0 Å². The SMILES string of the molecule is C=CCOC(=O)C(CCCCCCCCCCCCCCCCCCCCC/C=C/CCCCCC)CC(=O)O. The third-order valence-electron chi connectivity index (χ3n) is 7.91. The van der Waals surface area contributed by atoms with Gasteiger partial charge in [0.1, 0.15) is 6.61 Å². The Morgan fingerprint density at radius 2 is 1.00 bits per heavy atom. The molecular formula is C36H66O4. The third-order valence-corrected chi connectivity index (χ3v) is 7.91. The van der Waals surface area contributed by atoms with Crippen LogP contribution in [0.15, 0.2) is 24.8 Å². The first-order valence-electron chi connectivity index (χ1n) is 17.3. The molecule has 0 bridgehead atoms. The van der Waals surface area contributed by atoms with Crippen LogP contribution in [0.1, 0.15) is 180 Å². The number of esters is 1. The van der Waals surface area contributed by atoms with Crippen molar-refractivity contribution in [2.75, 3.05) is 6.61 Å². The Balaban J connectivity index is 3.32. The van der Waals surface area contributed by atoms with Crippen LogP contribution < -0.4 is 0 Å². The molecule has 40 heavy (non-hydrogen) atoms. The van der Waals surface area contributed by atoms with Gasteiger partial charge in [-0.25, -0.2) is 0 Å². The highest BCUT2D eigenvalue weighted by molar-refractivity contribution is 5.79. The summed E-state index contributed by atoms with van der Waals surface area (Å²) in [6, 6.07) is 0. The van der Waals surface area contributed by atoms with Gasteiger partial charge >= 0.3 is 11.9 Å². The largest absolute Gasteiger partial charge is 0.481 e. The van der Waals surface area contributed by atoms with Gasteiger partial charge in [0.2, 0.25) is 0 Å². The fourth-order valence-corrected chi connectivity index (χ4v) is 5.36. The fourth-order valence-electron chi connectivity index (χ4n) is 5.36. The standard InChI is InChI=1S/C36H66O4/c1-3-5-6-7-8-9-10-11-12-13-14-15-16-17-18-19-20-21-22-23-24-25-26-27-28-29-30-31-34(33-35(37)38)36(39)40-32-4-2/h4,9-10,34H,2-3,5-8,11-33H2,1H3,(H,37,38)/b10-9+. The number of rotatable bonds is 32. The monoisotopic (exact) mass is 562 g/mol. The number of carbonyl (C=O) groups is 2. The smallest absolute Gasteiger partial charge is 0.309 e. The lowest BCUT2D eigenvalue weighted by Crippen LogP contribution is -2.21. The van der Waals surface area contributed by atoms with Crippen molar-refractivity contribution in [2.45, 2.75) is 180 Å². The molecule has 0 fully saturated rings. The van der Waals surface area contributed by atoms with Gasteiger partial charge in [0.05, 0.1) is 12.3 Å². The van der Waals surface area contributed by atoms with Crippen LogP contribution in [0.25, 0.3) is 0 Å². The summed E-state index contributed by atoms with van der Waals surface area (Å²) in [7, 11) is 0. The summed E-state index contributed by atoms with van der Waals surface area (Å²) in [6.07, 6.45) is 40.0. The van der Waals surface area contributed by atoms with Crippen LogP contribution >= 0.6 is 0 Å². The topological polar surface area (TPSA) is 63.6 Å². The molecule has 0 saturated heterocycles. The van der Waals surface area contributed by atoms with E-state index in [4.69, 9.17) is 9.84 Å². The molecule has 1 atom stereocenters. The van der Waals surface area contributed by atoms with Crippen molar-refractivity contribution >= 4 is 11.9 Å². The lowest BCUT2D eigenvalue weighted by molar-refractivity contribution is -0.152. The molecule has 0 aromatic heterocycles. The number of hydrogen-bond acceptors (Lipinski definition) is 3. The molecular weight excluding hydrogens is 496 g/mol. The predicted octanol–water partition coefficient (Wildman–Crippen LogP) is 11.5. The summed E-state index contributed by atoms with van der Waals surface area (Å²) < 4.78 is 5.04. The minimum atomic E-state index is -0.941. The molecule has 1 unspecified atom stereocenters. The van der Waals surface area contributed by atoms with Crippen molar-refractivity contribution in [2.24, 2.45) is 5.92 Å². The van der Waals surface area contributed by atoms with Crippen LogP contribution in [0.4, 0.5) is 0 Å². The number of hydrogen-bond donors (Lipinski definition) is 1. The normalized spacial score (nSPS) is 12.1. The summed E-state index contributed by atoms with van der Waals surface area (Å²) in [5.74, 6) is -1.88. The minimum absolute atomic E-state index is 0.145. The number of carboxylic acid groups (broad SMARTS) is 1. The molecule has 0 spiro atoms. The second-order valence-electron chi connectivity index (χ2n) is 11.8. The molecule has 0 rings (SSSR count). The average molecular weight is 563 g/mol. The Morgan fingerprint density at radius 3 is 1.38 bits per heavy atom. The third kappa shape index (κ3) is 29.4. The molecule has 0 aromatic rings. The molecule has 0 radical (unpaired) electrons. The van der Waals surface area contributed by atoms with E-state index in [0.29, 0.717) is 6.42 Å². The predicted molar refractivity (Wildman–Crippen MR) is 172 cm³/mol. The highest BCUT2D eigenvalue weighted by atomic mass is 16.5. The average Bonchev–Trinajstić information content (AvgIpc) is 2.94. The van der Waals surface area contributed by atoms with Gasteiger partial charge in [-0.05, 0) is 32.1 Å². The van der Waals surface area contributed by atoms with E-state index in [-0.39, 0.29) is 13.0 Å². The van der Waals surface area contributed by atoms with Crippen molar-refractivity contribution in [3.63, 3.8) is 0 Å². The van der Waals surface area contributed by atoms with Crippen LogP contribution in [0, 0.1) is 5.92 Å². The molecule has 4 heteroatoms. The minimum Gasteiger partial charge on any atom is -0.481 e. The zero-order chi connectivity index (χ0) is 29.4. The lowest BCUT2D eigenvalue weighted by atomic mass is 9.97. The number of carbonyl (C=O) groups excluding carboxylic acids is 1. The molecule has 0 aliphatic rings. The Kier molecular flexibility index (Phi) is 30.7. The Morgan fingerprint density at radius 1 is 0.625 bits per heavy atom. The maximum atomic E-state index is 12.0. The van der Waals surface area contributed by atoms with Gasteiger partial charge < -0.3 is 9.84 Å². The van der Waals surface area contributed by atoms with E-state index in [1.165, 1.54) is 147 Å². The zero-order valence-corrected chi connectivity index (χ0v) is 26.5.